The first-order valence-electron chi connectivity index (χ1n) is 6.14. The maximum absolute atomic E-state index is 10.4. The summed E-state index contributed by atoms with van der Waals surface area (Å²) >= 11 is 8.12. The number of aromatic nitrogens is 2. The van der Waals surface area contributed by atoms with Crippen LogP contribution in [0.1, 0.15) is 11.4 Å². The maximum Gasteiger partial charge on any atom is 0.0847 e. The van der Waals surface area contributed by atoms with E-state index in [0.717, 1.165) is 29.4 Å². The highest BCUT2D eigenvalue weighted by Gasteiger charge is 2.28. The van der Waals surface area contributed by atoms with Crippen molar-refractivity contribution in [3.05, 3.63) is 16.4 Å². The highest BCUT2D eigenvalue weighted by atomic mass is 35.5. The molecule has 2 unspecified atom stereocenters. The lowest BCUT2D eigenvalue weighted by atomic mass is 10.1. The number of aryl methyl sites for hydroxylation is 2. The Kier molecular flexibility index (Phi) is 4.59. The molecule has 1 aliphatic rings. The van der Waals surface area contributed by atoms with Gasteiger partial charge in [-0.05, 0) is 14.0 Å². The molecular weight excluding hydrogens is 270 g/mol. The van der Waals surface area contributed by atoms with E-state index in [-0.39, 0.29) is 6.04 Å². The molecule has 1 aliphatic heterocycles. The Labute approximate surface area is 117 Å². The predicted octanol–water partition coefficient (Wildman–Crippen LogP) is 1.33. The van der Waals surface area contributed by atoms with Gasteiger partial charge in [0.15, 0.2) is 0 Å². The lowest BCUT2D eigenvalue weighted by Gasteiger charge is -2.35. The van der Waals surface area contributed by atoms with Crippen LogP contribution in [0.5, 0.6) is 0 Å². The van der Waals surface area contributed by atoms with Crippen LogP contribution in [-0.4, -0.2) is 57.0 Å². The summed E-state index contributed by atoms with van der Waals surface area (Å²) in [5, 5.41) is 15.4. The van der Waals surface area contributed by atoms with Gasteiger partial charge in [0.25, 0.3) is 0 Å². The third kappa shape index (κ3) is 2.85. The zero-order valence-corrected chi connectivity index (χ0v) is 12.6. The van der Waals surface area contributed by atoms with E-state index in [9.17, 15) is 5.11 Å². The van der Waals surface area contributed by atoms with Crippen LogP contribution in [0.15, 0.2) is 0 Å². The predicted molar refractivity (Wildman–Crippen MR) is 76.4 cm³/mol. The molecule has 2 atom stereocenters. The smallest absolute Gasteiger partial charge is 0.0847 e. The number of nitrogens with zero attached hydrogens (tertiary/aromatic N) is 3. The largest absolute Gasteiger partial charge is 0.391 e. The highest BCUT2D eigenvalue weighted by Crippen LogP contribution is 2.24. The van der Waals surface area contributed by atoms with Gasteiger partial charge in [0, 0.05) is 37.6 Å². The number of likely N-dealkylation sites (N-methyl/N-ethyl adjacent to an activating group) is 1. The van der Waals surface area contributed by atoms with E-state index >= 15 is 0 Å². The van der Waals surface area contributed by atoms with Gasteiger partial charge in [0.1, 0.15) is 0 Å². The van der Waals surface area contributed by atoms with E-state index < -0.39 is 6.10 Å². The average Bonchev–Trinajstić information content (AvgIpc) is 2.56. The molecule has 0 aromatic carbocycles. The van der Waals surface area contributed by atoms with E-state index in [1.54, 1.807) is 4.68 Å². The van der Waals surface area contributed by atoms with Crippen molar-refractivity contribution in [2.45, 2.75) is 25.5 Å². The summed E-state index contributed by atoms with van der Waals surface area (Å²) in [6, 6.07) is 0.204. The van der Waals surface area contributed by atoms with Crippen LogP contribution in [0.3, 0.4) is 0 Å². The normalized spacial score (nSPS) is 23.3. The van der Waals surface area contributed by atoms with Crippen molar-refractivity contribution in [3.8, 4) is 0 Å². The SMILES string of the molecule is Cc1nn(C)c(CC(O)C2CSCCN2C)c1Cl. The molecule has 0 amide bonds. The number of halogens is 1. The molecule has 6 heteroatoms. The van der Waals surface area contributed by atoms with Gasteiger partial charge in [-0.25, -0.2) is 0 Å². The van der Waals surface area contributed by atoms with Gasteiger partial charge in [-0.1, -0.05) is 11.6 Å². The monoisotopic (exact) mass is 289 g/mol. The van der Waals surface area contributed by atoms with Crippen LogP contribution < -0.4 is 0 Å². The molecule has 1 aromatic heterocycles. The van der Waals surface area contributed by atoms with Crippen LogP contribution >= 0.6 is 23.4 Å². The van der Waals surface area contributed by atoms with E-state index in [1.807, 2.05) is 25.7 Å². The summed E-state index contributed by atoms with van der Waals surface area (Å²) < 4.78 is 1.77. The molecule has 102 valence electrons. The number of hydrogen-bond acceptors (Lipinski definition) is 4. The molecule has 0 aliphatic carbocycles. The Bertz CT molecular complexity index is 424. The van der Waals surface area contributed by atoms with Crippen LogP contribution in [0.4, 0.5) is 0 Å². The standard InChI is InChI=1S/C12H20ClN3OS/c1-8-12(13)9(16(3)14-8)6-11(17)10-7-18-5-4-15(10)2/h10-11,17H,4-7H2,1-3H3. The van der Waals surface area contributed by atoms with Crippen molar-refractivity contribution in [2.24, 2.45) is 7.05 Å². The minimum absolute atomic E-state index is 0.204. The molecule has 0 spiro atoms. The second kappa shape index (κ2) is 5.82. The summed E-state index contributed by atoms with van der Waals surface area (Å²) in [6.07, 6.45) is 0.168. The summed E-state index contributed by atoms with van der Waals surface area (Å²) in [6.45, 7) is 2.92. The van der Waals surface area contributed by atoms with Gasteiger partial charge in [0.2, 0.25) is 0 Å². The molecule has 18 heavy (non-hydrogen) atoms. The Morgan fingerprint density at radius 2 is 2.28 bits per heavy atom. The van der Waals surface area contributed by atoms with Crippen LogP contribution in [-0.2, 0) is 13.5 Å². The number of aliphatic hydroxyl groups is 1. The van der Waals surface area contributed by atoms with Crippen LogP contribution in [0, 0.1) is 6.92 Å². The molecule has 1 saturated heterocycles. The molecule has 0 saturated carbocycles. The molecule has 0 bridgehead atoms. The van der Waals surface area contributed by atoms with Crippen molar-refractivity contribution in [1.29, 1.82) is 0 Å². The van der Waals surface area contributed by atoms with E-state index in [0.29, 0.717) is 11.4 Å². The fourth-order valence-corrected chi connectivity index (χ4v) is 3.89. The van der Waals surface area contributed by atoms with Crippen molar-refractivity contribution in [3.63, 3.8) is 0 Å². The first-order valence-corrected chi connectivity index (χ1v) is 7.68. The zero-order chi connectivity index (χ0) is 13.3. The Morgan fingerprint density at radius 1 is 1.56 bits per heavy atom. The van der Waals surface area contributed by atoms with E-state index in [1.165, 1.54) is 0 Å². The van der Waals surface area contributed by atoms with Crippen molar-refractivity contribution in [2.75, 3.05) is 25.1 Å². The van der Waals surface area contributed by atoms with E-state index in [2.05, 4.69) is 17.0 Å². The number of thioether (sulfide) groups is 1. The second-order valence-corrected chi connectivity index (χ2v) is 6.39. The van der Waals surface area contributed by atoms with Gasteiger partial charge < -0.3 is 5.11 Å². The molecule has 1 N–H and O–H groups in total. The van der Waals surface area contributed by atoms with Gasteiger partial charge in [-0.3, -0.25) is 9.58 Å². The van der Waals surface area contributed by atoms with Crippen molar-refractivity contribution >= 4 is 23.4 Å². The average molecular weight is 290 g/mol. The van der Waals surface area contributed by atoms with Crippen LogP contribution in [0.25, 0.3) is 0 Å². The molecule has 1 aromatic rings. The molecular formula is C12H20ClN3OS. The van der Waals surface area contributed by atoms with Crippen molar-refractivity contribution in [1.82, 2.24) is 14.7 Å². The Hall–Kier alpha value is -0.230. The first kappa shape index (κ1) is 14.2. The first-order chi connectivity index (χ1) is 8.50. The van der Waals surface area contributed by atoms with Gasteiger partial charge in [-0.15, -0.1) is 0 Å². The summed E-state index contributed by atoms with van der Waals surface area (Å²) in [4.78, 5) is 2.23. The molecule has 2 heterocycles. The molecule has 0 radical (unpaired) electrons. The fraction of sp³-hybridized carbons (Fsp3) is 0.750. The zero-order valence-electron chi connectivity index (χ0n) is 11.1. The van der Waals surface area contributed by atoms with Gasteiger partial charge in [-0.2, -0.15) is 16.9 Å². The number of aliphatic hydroxyl groups excluding tert-OH is 1. The summed E-state index contributed by atoms with van der Waals surface area (Å²) in [5.74, 6) is 2.12. The Balaban J connectivity index is 2.08. The van der Waals surface area contributed by atoms with Crippen molar-refractivity contribution < 1.29 is 5.11 Å². The Morgan fingerprint density at radius 3 is 2.83 bits per heavy atom. The molecule has 2 rings (SSSR count). The number of hydrogen-bond donors (Lipinski definition) is 1. The summed E-state index contributed by atoms with van der Waals surface area (Å²) in [5.41, 5.74) is 1.75. The second-order valence-electron chi connectivity index (χ2n) is 4.86. The summed E-state index contributed by atoms with van der Waals surface area (Å²) in [7, 11) is 3.95. The number of rotatable bonds is 3. The quantitative estimate of drug-likeness (QED) is 0.912. The topological polar surface area (TPSA) is 41.3 Å². The highest BCUT2D eigenvalue weighted by molar-refractivity contribution is 7.99. The van der Waals surface area contributed by atoms with Gasteiger partial charge in [0.05, 0.1) is 22.5 Å². The molecule has 1 fully saturated rings. The lowest BCUT2D eigenvalue weighted by Crippen LogP contribution is -2.47. The maximum atomic E-state index is 10.4. The third-order valence-corrected chi connectivity index (χ3v) is 5.09. The van der Waals surface area contributed by atoms with Crippen LogP contribution in [0.2, 0.25) is 5.02 Å². The third-order valence-electron chi connectivity index (χ3n) is 3.55. The molecule has 4 nitrogen and oxygen atoms in total. The minimum atomic E-state index is -0.393. The fourth-order valence-electron chi connectivity index (χ4n) is 2.35. The minimum Gasteiger partial charge on any atom is -0.391 e. The van der Waals surface area contributed by atoms with Gasteiger partial charge >= 0.3 is 0 Å². The van der Waals surface area contributed by atoms with E-state index in [4.69, 9.17) is 11.6 Å². The lowest BCUT2D eigenvalue weighted by molar-refractivity contribution is 0.0749.